The smallest absolute Gasteiger partial charge is 0.253 e. The van der Waals surface area contributed by atoms with Crippen LogP contribution in [0.1, 0.15) is 27.2 Å². The first kappa shape index (κ1) is 14.5. The second-order valence-corrected chi connectivity index (χ2v) is 6.05. The van der Waals surface area contributed by atoms with Crippen LogP contribution >= 0.6 is 11.3 Å². The molecule has 0 atom stereocenters. The lowest BCUT2D eigenvalue weighted by Crippen LogP contribution is -2.27. The molecule has 0 fully saturated rings. The topological polar surface area (TPSA) is 74.8 Å². The van der Waals surface area contributed by atoms with Crippen LogP contribution in [-0.4, -0.2) is 15.9 Å². The van der Waals surface area contributed by atoms with Crippen molar-refractivity contribution in [2.75, 3.05) is 0 Å². The number of aromatic amines is 1. The monoisotopic (exact) mass is 313 g/mol. The minimum absolute atomic E-state index is 0.157. The van der Waals surface area contributed by atoms with E-state index in [1.54, 1.807) is 11.6 Å². The number of thiazole rings is 1. The Balaban J connectivity index is 1.79. The minimum Gasteiger partial charge on any atom is -0.348 e. The Morgan fingerprint density at radius 3 is 2.91 bits per heavy atom. The van der Waals surface area contributed by atoms with Crippen molar-refractivity contribution < 1.29 is 4.79 Å². The summed E-state index contributed by atoms with van der Waals surface area (Å²) in [7, 11) is 0. The van der Waals surface area contributed by atoms with Crippen molar-refractivity contribution in [2.24, 2.45) is 0 Å². The summed E-state index contributed by atoms with van der Waals surface area (Å²) in [5.74, 6) is -0.199. The number of aromatic nitrogens is 2. The Labute approximate surface area is 131 Å². The molecular formula is C16H15N3O2S. The van der Waals surface area contributed by atoms with Crippen molar-refractivity contribution >= 4 is 27.5 Å². The quantitative estimate of drug-likeness (QED) is 0.780. The fraction of sp³-hybridized carbons (Fsp3) is 0.188. The first-order valence-corrected chi connectivity index (χ1v) is 7.73. The number of carbonyl (C=O) groups excluding carboxylic acids is 1. The number of amides is 1. The van der Waals surface area contributed by atoms with Crippen LogP contribution in [0, 0.1) is 13.8 Å². The van der Waals surface area contributed by atoms with Gasteiger partial charge in [0, 0.05) is 23.4 Å². The number of pyridine rings is 1. The minimum atomic E-state index is -0.199. The van der Waals surface area contributed by atoms with Gasteiger partial charge in [-0.05, 0) is 43.7 Å². The van der Waals surface area contributed by atoms with Crippen molar-refractivity contribution in [3.8, 4) is 0 Å². The van der Waals surface area contributed by atoms with Gasteiger partial charge >= 0.3 is 0 Å². The molecule has 0 saturated heterocycles. The average molecular weight is 313 g/mol. The SMILES string of the molecule is Cc1cc(C)c(CNC(=O)c2ccc3ncsc3c2)c(=O)[nH]1. The van der Waals surface area contributed by atoms with E-state index < -0.39 is 0 Å². The lowest BCUT2D eigenvalue weighted by molar-refractivity contribution is 0.0951. The summed E-state index contributed by atoms with van der Waals surface area (Å²) in [5.41, 5.74) is 5.31. The summed E-state index contributed by atoms with van der Waals surface area (Å²) in [6, 6.07) is 7.27. The highest BCUT2D eigenvalue weighted by atomic mass is 32.1. The lowest BCUT2D eigenvalue weighted by Gasteiger charge is -2.08. The van der Waals surface area contributed by atoms with E-state index in [2.05, 4.69) is 15.3 Å². The number of fused-ring (bicyclic) bond motifs is 1. The highest BCUT2D eigenvalue weighted by Gasteiger charge is 2.10. The van der Waals surface area contributed by atoms with Gasteiger partial charge in [0.2, 0.25) is 0 Å². The number of H-pyrrole nitrogens is 1. The Morgan fingerprint density at radius 1 is 1.32 bits per heavy atom. The molecule has 0 aliphatic carbocycles. The van der Waals surface area contributed by atoms with Gasteiger partial charge in [-0.25, -0.2) is 4.98 Å². The van der Waals surface area contributed by atoms with Gasteiger partial charge in [-0.15, -0.1) is 11.3 Å². The summed E-state index contributed by atoms with van der Waals surface area (Å²) < 4.78 is 0.969. The fourth-order valence-corrected chi connectivity index (χ4v) is 3.08. The molecule has 6 heteroatoms. The zero-order valence-electron chi connectivity index (χ0n) is 12.3. The number of rotatable bonds is 3. The molecule has 1 aromatic carbocycles. The zero-order valence-corrected chi connectivity index (χ0v) is 13.1. The largest absolute Gasteiger partial charge is 0.348 e. The fourth-order valence-electron chi connectivity index (χ4n) is 2.37. The standard InChI is InChI=1S/C16H15N3O2S/c1-9-5-10(2)19-16(21)12(9)7-17-15(20)11-3-4-13-14(6-11)22-8-18-13/h3-6,8H,7H2,1-2H3,(H,17,20)(H,19,21). The second kappa shape index (κ2) is 5.73. The van der Waals surface area contributed by atoms with E-state index in [-0.39, 0.29) is 18.0 Å². The summed E-state index contributed by atoms with van der Waals surface area (Å²) in [5, 5.41) is 2.80. The van der Waals surface area contributed by atoms with Gasteiger partial charge in [-0.2, -0.15) is 0 Å². The van der Waals surface area contributed by atoms with E-state index >= 15 is 0 Å². The first-order valence-electron chi connectivity index (χ1n) is 6.85. The van der Waals surface area contributed by atoms with E-state index in [4.69, 9.17) is 0 Å². The Morgan fingerprint density at radius 2 is 2.14 bits per heavy atom. The molecule has 2 aromatic heterocycles. The molecule has 3 aromatic rings. The predicted molar refractivity (Wildman–Crippen MR) is 87.3 cm³/mol. The van der Waals surface area contributed by atoms with Gasteiger partial charge < -0.3 is 10.3 Å². The first-order chi connectivity index (χ1) is 10.5. The number of aryl methyl sites for hydroxylation is 2. The molecule has 0 spiro atoms. The molecule has 1 amide bonds. The number of benzene rings is 1. The van der Waals surface area contributed by atoms with Crippen LogP contribution in [0.4, 0.5) is 0 Å². The maximum absolute atomic E-state index is 12.2. The third-order valence-electron chi connectivity index (χ3n) is 3.51. The van der Waals surface area contributed by atoms with Crippen molar-refractivity contribution in [3.63, 3.8) is 0 Å². The lowest BCUT2D eigenvalue weighted by atomic mass is 10.1. The summed E-state index contributed by atoms with van der Waals surface area (Å²) in [6.07, 6.45) is 0. The summed E-state index contributed by atoms with van der Waals surface area (Å²) in [6.45, 7) is 3.91. The van der Waals surface area contributed by atoms with Crippen LogP contribution in [-0.2, 0) is 6.54 Å². The molecule has 0 radical (unpaired) electrons. The predicted octanol–water partition coefficient (Wildman–Crippen LogP) is 2.53. The molecule has 0 unspecified atom stereocenters. The number of carbonyl (C=O) groups is 1. The van der Waals surface area contributed by atoms with E-state index in [1.165, 1.54) is 11.3 Å². The van der Waals surface area contributed by atoms with E-state index in [0.29, 0.717) is 11.1 Å². The molecule has 3 rings (SSSR count). The summed E-state index contributed by atoms with van der Waals surface area (Å²) >= 11 is 1.49. The molecule has 22 heavy (non-hydrogen) atoms. The van der Waals surface area contributed by atoms with Crippen molar-refractivity contribution in [1.82, 2.24) is 15.3 Å². The zero-order chi connectivity index (χ0) is 15.7. The van der Waals surface area contributed by atoms with Gasteiger partial charge in [0.15, 0.2) is 0 Å². The van der Waals surface area contributed by atoms with E-state index in [1.807, 2.05) is 32.0 Å². The van der Waals surface area contributed by atoms with Gasteiger partial charge in [0.05, 0.1) is 15.7 Å². The van der Waals surface area contributed by atoms with Crippen LogP contribution in [0.15, 0.2) is 34.6 Å². The molecule has 0 saturated carbocycles. The number of hydrogen-bond donors (Lipinski definition) is 2. The molecule has 112 valence electrons. The van der Waals surface area contributed by atoms with E-state index in [0.717, 1.165) is 21.5 Å². The molecule has 0 bridgehead atoms. The van der Waals surface area contributed by atoms with Crippen LogP contribution in [0.3, 0.4) is 0 Å². The van der Waals surface area contributed by atoms with Crippen LogP contribution in [0.5, 0.6) is 0 Å². The Bertz CT molecular complexity index is 911. The normalized spacial score (nSPS) is 10.8. The average Bonchev–Trinajstić information content (AvgIpc) is 2.93. The van der Waals surface area contributed by atoms with Gasteiger partial charge in [-0.3, -0.25) is 9.59 Å². The van der Waals surface area contributed by atoms with Crippen molar-refractivity contribution in [2.45, 2.75) is 20.4 Å². The summed E-state index contributed by atoms with van der Waals surface area (Å²) in [4.78, 5) is 31.1. The maximum atomic E-state index is 12.2. The molecular weight excluding hydrogens is 298 g/mol. The highest BCUT2D eigenvalue weighted by molar-refractivity contribution is 7.16. The number of nitrogens with zero attached hydrogens (tertiary/aromatic N) is 1. The van der Waals surface area contributed by atoms with Gasteiger partial charge in [0.1, 0.15) is 0 Å². The third-order valence-corrected chi connectivity index (χ3v) is 4.30. The molecule has 5 nitrogen and oxygen atoms in total. The van der Waals surface area contributed by atoms with E-state index in [9.17, 15) is 9.59 Å². The van der Waals surface area contributed by atoms with Crippen molar-refractivity contribution in [3.05, 3.63) is 62.5 Å². The number of nitrogens with one attached hydrogen (secondary N) is 2. The van der Waals surface area contributed by atoms with Gasteiger partial charge in [0.25, 0.3) is 11.5 Å². The molecule has 0 aliphatic rings. The Kier molecular flexibility index (Phi) is 3.77. The molecule has 2 N–H and O–H groups in total. The third kappa shape index (κ3) is 2.78. The van der Waals surface area contributed by atoms with Crippen LogP contribution in [0.25, 0.3) is 10.2 Å². The Hall–Kier alpha value is -2.47. The molecule has 0 aliphatic heterocycles. The second-order valence-electron chi connectivity index (χ2n) is 5.16. The van der Waals surface area contributed by atoms with Gasteiger partial charge in [-0.1, -0.05) is 0 Å². The van der Waals surface area contributed by atoms with Crippen LogP contribution in [0.2, 0.25) is 0 Å². The van der Waals surface area contributed by atoms with Crippen LogP contribution < -0.4 is 10.9 Å². The van der Waals surface area contributed by atoms with Crippen molar-refractivity contribution in [1.29, 1.82) is 0 Å². The molecule has 2 heterocycles. The number of hydrogen-bond acceptors (Lipinski definition) is 4. The maximum Gasteiger partial charge on any atom is 0.253 e. The highest BCUT2D eigenvalue weighted by Crippen LogP contribution is 2.19.